The van der Waals surface area contributed by atoms with Crippen LogP contribution in [0.25, 0.3) is 0 Å². The molecule has 0 saturated heterocycles. The van der Waals surface area contributed by atoms with Crippen LogP contribution < -0.4 is 0 Å². The third-order valence-corrected chi connectivity index (χ3v) is 3.59. The van der Waals surface area contributed by atoms with Gasteiger partial charge in [0.05, 0.1) is 12.0 Å². The van der Waals surface area contributed by atoms with Crippen LogP contribution in [-0.4, -0.2) is 44.9 Å². The van der Waals surface area contributed by atoms with E-state index in [1.807, 2.05) is 0 Å². The number of halogens is 1. The van der Waals surface area contributed by atoms with Gasteiger partial charge in [0, 0.05) is 26.8 Å². The molecular formula is C10H14FN2O7S2+. The van der Waals surface area contributed by atoms with Gasteiger partial charge in [-0.1, -0.05) is 5.04 Å². The second-order valence-electron chi connectivity index (χ2n) is 5.01. The first-order chi connectivity index (χ1) is 9.96. The fourth-order valence-electron chi connectivity index (χ4n) is 1.20. The molecule has 12 heteroatoms. The van der Waals surface area contributed by atoms with Crippen molar-refractivity contribution in [2.45, 2.75) is 36.4 Å². The van der Waals surface area contributed by atoms with Crippen LogP contribution in [0.1, 0.15) is 26.3 Å². The van der Waals surface area contributed by atoms with E-state index in [2.05, 4.69) is 14.4 Å². The van der Waals surface area contributed by atoms with Crippen LogP contribution in [-0.2, 0) is 19.5 Å². The number of aromatic nitrogens is 1. The molecule has 1 heterocycles. The summed E-state index contributed by atoms with van der Waals surface area (Å²) in [5.41, 5.74) is -1.50. The van der Waals surface area contributed by atoms with E-state index in [0.717, 1.165) is 12.3 Å². The summed E-state index contributed by atoms with van der Waals surface area (Å²) < 4.78 is 50.5. The van der Waals surface area contributed by atoms with Crippen LogP contribution in [0.15, 0.2) is 16.1 Å². The third kappa shape index (κ3) is 4.86. The molecule has 0 aliphatic carbocycles. The average molecular weight is 357 g/mol. The van der Waals surface area contributed by atoms with E-state index in [9.17, 15) is 18.0 Å². The van der Waals surface area contributed by atoms with Gasteiger partial charge in [0.1, 0.15) is 16.4 Å². The Morgan fingerprint density at radius 2 is 2.05 bits per heavy atom. The van der Waals surface area contributed by atoms with E-state index in [0.29, 0.717) is 4.74 Å². The van der Waals surface area contributed by atoms with Gasteiger partial charge in [-0.2, -0.15) is 8.42 Å². The second-order valence-corrected chi connectivity index (χ2v) is 7.06. The summed E-state index contributed by atoms with van der Waals surface area (Å²) in [6.45, 7) is 4.75. The van der Waals surface area contributed by atoms with Gasteiger partial charge in [-0.05, 0) is 4.74 Å². The van der Waals surface area contributed by atoms with Crippen molar-refractivity contribution in [2.75, 3.05) is 0 Å². The maximum absolute atomic E-state index is 14.1. The fourth-order valence-corrected chi connectivity index (χ4v) is 2.28. The zero-order valence-electron chi connectivity index (χ0n) is 11.7. The number of pyridine rings is 1. The number of hydrogen-bond acceptors (Lipinski definition) is 8. The molecular weight excluding hydrogens is 343 g/mol. The SMILES string of the molecule is CC(C)(C)/[N+](O)=C/c1c(F)cc(SOOO)nc1S(=O)(=O)O. The van der Waals surface area contributed by atoms with Crippen LogP contribution in [0, 0.1) is 5.82 Å². The lowest BCUT2D eigenvalue weighted by atomic mass is 10.1. The van der Waals surface area contributed by atoms with Crippen molar-refractivity contribution >= 4 is 28.4 Å². The molecule has 0 aliphatic heterocycles. The van der Waals surface area contributed by atoms with Gasteiger partial charge in [0.15, 0.2) is 5.03 Å². The number of rotatable bonds is 5. The summed E-state index contributed by atoms with van der Waals surface area (Å²) in [4.78, 5) is 3.48. The molecule has 0 amide bonds. The molecule has 0 aromatic carbocycles. The Bertz CT molecular complexity index is 685. The summed E-state index contributed by atoms with van der Waals surface area (Å²) in [6, 6.07) is 0.765. The summed E-state index contributed by atoms with van der Waals surface area (Å²) in [6.07, 6.45) is 0.781. The monoisotopic (exact) mass is 357 g/mol. The van der Waals surface area contributed by atoms with E-state index in [4.69, 9.17) is 9.81 Å². The van der Waals surface area contributed by atoms with Crippen LogP contribution in [0.4, 0.5) is 4.39 Å². The average Bonchev–Trinajstić information content (AvgIpc) is 2.36. The van der Waals surface area contributed by atoms with Gasteiger partial charge in [0.2, 0.25) is 11.8 Å². The van der Waals surface area contributed by atoms with Crippen molar-refractivity contribution in [2.24, 2.45) is 0 Å². The zero-order valence-corrected chi connectivity index (χ0v) is 13.4. The van der Waals surface area contributed by atoms with Crippen LogP contribution in [0.5, 0.6) is 0 Å². The molecule has 3 N–H and O–H groups in total. The summed E-state index contributed by atoms with van der Waals surface area (Å²) in [7, 11) is -4.89. The number of nitrogens with zero attached hydrogens (tertiary/aromatic N) is 2. The van der Waals surface area contributed by atoms with Crippen molar-refractivity contribution in [3.05, 3.63) is 17.4 Å². The Hall–Kier alpha value is -1.31. The maximum Gasteiger partial charge on any atom is 0.313 e. The molecule has 0 unspecified atom stereocenters. The van der Waals surface area contributed by atoms with E-state index in [1.54, 1.807) is 20.8 Å². The van der Waals surface area contributed by atoms with E-state index >= 15 is 0 Å². The quantitative estimate of drug-likeness (QED) is 0.137. The molecule has 1 aromatic heterocycles. The Morgan fingerprint density at radius 1 is 1.45 bits per heavy atom. The lowest BCUT2D eigenvalue weighted by Gasteiger charge is -2.10. The first-order valence-corrected chi connectivity index (χ1v) is 7.81. The molecule has 0 aliphatic rings. The van der Waals surface area contributed by atoms with Gasteiger partial charge >= 0.3 is 10.1 Å². The molecule has 1 aromatic rings. The minimum atomic E-state index is -4.89. The van der Waals surface area contributed by atoms with Gasteiger partial charge in [0.25, 0.3) is 0 Å². The molecule has 124 valence electrons. The predicted octanol–water partition coefficient (Wildman–Crippen LogP) is 1.51. The fraction of sp³-hybridized carbons (Fsp3) is 0.400. The van der Waals surface area contributed by atoms with Crippen LogP contribution >= 0.6 is 12.0 Å². The summed E-state index contributed by atoms with van der Waals surface area (Å²) >= 11 is 0.209. The first kappa shape index (κ1) is 18.7. The zero-order chi connectivity index (χ0) is 17.1. The molecule has 1 rings (SSSR count). The molecule has 22 heavy (non-hydrogen) atoms. The molecule has 0 bridgehead atoms. The summed E-state index contributed by atoms with van der Waals surface area (Å²) in [5, 5.41) is 19.7. The van der Waals surface area contributed by atoms with Crippen molar-refractivity contribution in [1.29, 1.82) is 0 Å². The predicted molar refractivity (Wildman–Crippen MR) is 71.6 cm³/mol. The Kier molecular flexibility index (Phi) is 5.83. The standard InChI is InChI=1S/C10H13FN2O7S2/c1-10(2,3)13(14)5-6-7(11)4-8(21-20-19-15)12-9(6)22(16,17)18/h4-5H,1-3H3,(H2-,14,15,16,17,18)/p+1. The van der Waals surface area contributed by atoms with Gasteiger partial charge in [-0.25, -0.2) is 14.6 Å². The van der Waals surface area contributed by atoms with Crippen molar-refractivity contribution in [1.82, 2.24) is 4.98 Å². The van der Waals surface area contributed by atoms with Gasteiger partial charge in [-0.3, -0.25) is 9.76 Å². The van der Waals surface area contributed by atoms with E-state index in [-0.39, 0.29) is 17.1 Å². The maximum atomic E-state index is 14.1. The largest absolute Gasteiger partial charge is 0.313 e. The molecule has 0 saturated carbocycles. The highest BCUT2D eigenvalue weighted by Gasteiger charge is 2.29. The Labute approximate surface area is 129 Å². The molecule has 0 spiro atoms. The molecule has 0 radical (unpaired) electrons. The van der Waals surface area contributed by atoms with Crippen molar-refractivity contribution < 1.29 is 41.9 Å². The second kappa shape index (κ2) is 6.85. The summed E-state index contributed by atoms with van der Waals surface area (Å²) in [5.74, 6) is -1.10. The highest BCUT2D eigenvalue weighted by atomic mass is 32.2. The van der Waals surface area contributed by atoms with E-state index < -0.39 is 32.1 Å². The number of hydrogen-bond donors (Lipinski definition) is 3. The smallest absolute Gasteiger partial charge is 0.290 e. The van der Waals surface area contributed by atoms with Crippen molar-refractivity contribution in [3.8, 4) is 0 Å². The highest BCUT2D eigenvalue weighted by molar-refractivity contribution is 7.94. The first-order valence-electron chi connectivity index (χ1n) is 5.62. The lowest BCUT2D eigenvalue weighted by molar-refractivity contribution is -0.816. The molecule has 0 atom stereocenters. The van der Waals surface area contributed by atoms with Crippen molar-refractivity contribution in [3.63, 3.8) is 0 Å². The topological polar surface area (TPSA) is 129 Å². The molecule has 9 nitrogen and oxygen atoms in total. The normalized spacial score (nSPS) is 13.5. The lowest BCUT2D eigenvalue weighted by Crippen LogP contribution is -2.32. The van der Waals surface area contributed by atoms with Crippen LogP contribution in [0.3, 0.4) is 0 Å². The van der Waals surface area contributed by atoms with Gasteiger partial charge < -0.3 is 0 Å². The van der Waals surface area contributed by atoms with Crippen LogP contribution in [0.2, 0.25) is 0 Å². The highest BCUT2D eigenvalue weighted by Crippen LogP contribution is 2.24. The molecule has 0 fully saturated rings. The minimum absolute atomic E-state index is 0.209. The van der Waals surface area contributed by atoms with E-state index in [1.165, 1.54) is 0 Å². The Balaban J connectivity index is 3.51. The minimum Gasteiger partial charge on any atom is -0.290 e. The third-order valence-electron chi connectivity index (χ3n) is 2.28. The Morgan fingerprint density at radius 3 is 2.50 bits per heavy atom. The van der Waals surface area contributed by atoms with Gasteiger partial charge in [-0.15, -0.1) is 4.33 Å². The number of hydroxylamine groups is 1.